The highest BCUT2D eigenvalue weighted by Gasteiger charge is 2.41. The highest BCUT2D eigenvalue weighted by Crippen LogP contribution is 2.35. The van der Waals surface area contributed by atoms with Crippen molar-refractivity contribution in [3.05, 3.63) is 90.1 Å². The van der Waals surface area contributed by atoms with Crippen LogP contribution in [-0.2, 0) is 27.5 Å². The van der Waals surface area contributed by atoms with E-state index in [1.54, 1.807) is 0 Å². The Morgan fingerprint density at radius 2 is 1.59 bits per heavy atom. The molecule has 1 aliphatic carbocycles. The van der Waals surface area contributed by atoms with E-state index in [1.165, 1.54) is 0 Å². The van der Waals surface area contributed by atoms with Gasteiger partial charge in [0.15, 0.2) is 0 Å². The molecule has 0 bridgehead atoms. The fourth-order valence-electron chi connectivity index (χ4n) is 6.81. The molecule has 2 aliphatic rings. The number of piperazine rings is 1. The summed E-state index contributed by atoms with van der Waals surface area (Å²) in [4.78, 5) is 43.9. The third-order valence-corrected chi connectivity index (χ3v) is 9.20. The first-order valence-electron chi connectivity index (χ1n) is 16.4. The zero-order valence-electron chi connectivity index (χ0n) is 26.6. The molecular formula is C37H42N4O5. The zero-order chi connectivity index (χ0) is 32.0. The molecule has 46 heavy (non-hydrogen) atoms. The number of ether oxygens (including phenoxy) is 2. The lowest BCUT2D eigenvalue weighted by Gasteiger charge is -2.37. The lowest BCUT2D eigenvalue weighted by atomic mass is 9.94. The number of aryl methyl sites for hydroxylation is 1. The molecule has 3 aromatic carbocycles. The minimum atomic E-state index is -0.373. The van der Waals surface area contributed by atoms with E-state index in [-0.39, 0.29) is 36.2 Å². The van der Waals surface area contributed by atoms with E-state index in [9.17, 15) is 14.4 Å². The van der Waals surface area contributed by atoms with Gasteiger partial charge >= 0.3 is 5.97 Å². The molecule has 1 saturated heterocycles. The van der Waals surface area contributed by atoms with Crippen LogP contribution in [0.25, 0.3) is 10.9 Å². The van der Waals surface area contributed by atoms with Gasteiger partial charge in [0.2, 0.25) is 5.91 Å². The molecule has 2 amide bonds. The Balaban J connectivity index is 1.03. The largest absolute Gasteiger partial charge is 0.493 e. The minimum Gasteiger partial charge on any atom is -0.493 e. The number of nitrogens with zero attached hydrogens (tertiary/aromatic N) is 3. The Labute approximate surface area is 270 Å². The molecule has 1 saturated carbocycles. The fraction of sp³-hybridized carbons (Fsp3) is 0.378. The first kappa shape index (κ1) is 31.2. The summed E-state index contributed by atoms with van der Waals surface area (Å²) >= 11 is 0. The number of carbonyl (C=O) groups excluding carboxylic acids is 3. The van der Waals surface area contributed by atoms with Gasteiger partial charge in [-0.2, -0.15) is 0 Å². The van der Waals surface area contributed by atoms with Crippen molar-refractivity contribution in [1.29, 1.82) is 0 Å². The van der Waals surface area contributed by atoms with Gasteiger partial charge in [-0.05, 0) is 74.7 Å². The van der Waals surface area contributed by atoms with Crippen LogP contribution >= 0.6 is 0 Å². The molecular weight excluding hydrogens is 580 g/mol. The normalized spacial score (nSPS) is 18.0. The minimum absolute atomic E-state index is 0.0646. The van der Waals surface area contributed by atoms with E-state index >= 15 is 0 Å². The second kappa shape index (κ2) is 14.1. The van der Waals surface area contributed by atoms with Crippen molar-refractivity contribution in [1.82, 2.24) is 9.47 Å². The van der Waals surface area contributed by atoms with Crippen LogP contribution in [0, 0.1) is 11.8 Å². The summed E-state index contributed by atoms with van der Waals surface area (Å²) in [6.07, 6.45) is 2.28. The summed E-state index contributed by atoms with van der Waals surface area (Å²) in [6, 6.07) is 25.3. The van der Waals surface area contributed by atoms with Gasteiger partial charge in [-0.1, -0.05) is 42.8 Å². The van der Waals surface area contributed by atoms with Crippen molar-refractivity contribution in [3.63, 3.8) is 0 Å². The Morgan fingerprint density at radius 3 is 2.30 bits per heavy atom. The van der Waals surface area contributed by atoms with Crippen LogP contribution in [0.1, 0.15) is 49.2 Å². The standard InChI is InChI=1S/C37H42N4O5/c1-3-41-32-14-9-15-34(45-4-2)31(32)24-33(41)35(42)38-27-16-18-28(19-17-27)39-20-22-40(23-21-39)36(43)29-12-8-13-30(29)37(44)46-25-26-10-6-5-7-11-26/h5-7,9-11,14-19,24,29-30H,3-4,8,12-13,20-23,25H2,1-2H3,(H,38,42)/t29-,30-/m1/s1. The number of esters is 1. The van der Waals surface area contributed by atoms with Crippen molar-refractivity contribution in [2.75, 3.05) is 43.0 Å². The fourth-order valence-corrected chi connectivity index (χ4v) is 6.81. The third kappa shape index (κ3) is 6.59. The number of anilines is 2. The molecule has 1 aliphatic heterocycles. The Morgan fingerprint density at radius 1 is 0.848 bits per heavy atom. The smallest absolute Gasteiger partial charge is 0.310 e. The van der Waals surface area contributed by atoms with Crippen LogP contribution < -0.4 is 15.0 Å². The van der Waals surface area contributed by atoms with Gasteiger partial charge in [0.05, 0.1) is 24.0 Å². The number of aromatic nitrogens is 1. The van der Waals surface area contributed by atoms with Gasteiger partial charge in [-0.25, -0.2) is 0 Å². The van der Waals surface area contributed by atoms with Crippen LogP contribution in [0.3, 0.4) is 0 Å². The molecule has 2 atom stereocenters. The van der Waals surface area contributed by atoms with E-state index in [0.29, 0.717) is 57.1 Å². The van der Waals surface area contributed by atoms with Crippen LogP contribution in [0.15, 0.2) is 78.9 Å². The quantitative estimate of drug-likeness (QED) is 0.214. The molecule has 1 aromatic heterocycles. The number of hydrogen-bond acceptors (Lipinski definition) is 6. The predicted molar refractivity (Wildman–Crippen MR) is 179 cm³/mol. The predicted octanol–water partition coefficient (Wildman–Crippen LogP) is 6.12. The maximum absolute atomic E-state index is 13.5. The number of nitrogens with one attached hydrogen (secondary N) is 1. The topological polar surface area (TPSA) is 93.1 Å². The van der Waals surface area contributed by atoms with Crippen LogP contribution in [0.2, 0.25) is 0 Å². The molecule has 9 heteroatoms. The first-order valence-corrected chi connectivity index (χ1v) is 16.4. The maximum atomic E-state index is 13.5. The summed E-state index contributed by atoms with van der Waals surface area (Å²) in [5.41, 5.74) is 4.26. The molecule has 2 heterocycles. The molecule has 2 fully saturated rings. The average molecular weight is 623 g/mol. The first-order chi connectivity index (χ1) is 22.5. The summed E-state index contributed by atoms with van der Waals surface area (Å²) < 4.78 is 13.4. The molecule has 0 unspecified atom stereocenters. The molecule has 0 radical (unpaired) electrons. The maximum Gasteiger partial charge on any atom is 0.310 e. The van der Waals surface area contributed by atoms with Gasteiger partial charge < -0.3 is 29.2 Å². The van der Waals surface area contributed by atoms with Crippen molar-refractivity contribution >= 4 is 40.1 Å². The summed E-state index contributed by atoms with van der Waals surface area (Å²) in [5, 5.41) is 3.98. The molecule has 4 aromatic rings. The molecule has 9 nitrogen and oxygen atoms in total. The third-order valence-electron chi connectivity index (χ3n) is 9.20. The number of carbonyl (C=O) groups is 3. The van der Waals surface area contributed by atoms with Crippen molar-refractivity contribution in [2.24, 2.45) is 11.8 Å². The summed E-state index contributed by atoms with van der Waals surface area (Å²) in [7, 11) is 0. The lowest BCUT2D eigenvalue weighted by molar-refractivity contribution is -0.155. The van der Waals surface area contributed by atoms with Crippen molar-refractivity contribution in [3.8, 4) is 5.75 Å². The van der Waals surface area contributed by atoms with E-state index in [4.69, 9.17) is 9.47 Å². The molecule has 1 N–H and O–H groups in total. The van der Waals surface area contributed by atoms with Crippen molar-refractivity contribution < 1.29 is 23.9 Å². The molecule has 0 spiro atoms. The van der Waals surface area contributed by atoms with Gasteiger partial charge in [0, 0.05) is 49.5 Å². The van der Waals surface area contributed by atoms with E-state index in [1.807, 2.05) is 102 Å². The number of amides is 2. The van der Waals surface area contributed by atoms with Gasteiger partial charge in [0.25, 0.3) is 5.91 Å². The number of hydrogen-bond donors (Lipinski definition) is 1. The number of fused-ring (bicyclic) bond motifs is 1. The van der Waals surface area contributed by atoms with Gasteiger partial charge in [-0.3, -0.25) is 14.4 Å². The monoisotopic (exact) mass is 622 g/mol. The Hall–Kier alpha value is -4.79. The highest BCUT2D eigenvalue weighted by molar-refractivity contribution is 6.07. The molecule has 240 valence electrons. The second-order valence-electron chi connectivity index (χ2n) is 11.9. The lowest BCUT2D eigenvalue weighted by Crippen LogP contribution is -2.51. The van der Waals surface area contributed by atoms with E-state index in [0.717, 1.165) is 40.7 Å². The van der Waals surface area contributed by atoms with Gasteiger partial charge in [-0.15, -0.1) is 0 Å². The number of benzene rings is 3. The second-order valence-corrected chi connectivity index (χ2v) is 11.9. The average Bonchev–Trinajstić information content (AvgIpc) is 3.74. The SMILES string of the molecule is CCOc1cccc2c1cc(C(=O)Nc1ccc(N3CCN(C(=O)[C@@H]4CCC[C@H]4C(=O)OCc4ccccc4)CC3)cc1)n2CC. The van der Waals surface area contributed by atoms with Crippen LogP contribution in [0.4, 0.5) is 11.4 Å². The van der Waals surface area contributed by atoms with Crippen molar-refractivity contribution in [2.45, 2.75) is 46.3 Å². The Kier molecular flexibility index (Phi) is 9.57. The van der Waals surface area contributed by atoms with Gasteiger partial charge in [0.1, 0.15) is 18.1 Å². The number of rotatable bonds is 10. The summed E-state index contributed by atoms with van der Waals surface area (Å²) in [6.45, 7) is 8.04. The van der Waals surface area contributed by atoms with E-state index < -0.39 is 0 Å². The van der Waals surface area contributed by atoms with E-state index in [2.05, 4.69) is 10.2 Å². The summed E-state index contributed by atoms with van der Waals surface area (Å²) in [5.74, 6) is -0.282. The van der Waals surface area contributed by atoms with Crippen LogP contribution in [-0.4, -0.2) is 60.0 Å². The Bertz CT molecular complexity index is 1680. The molecule has 6 rings (SSSR count). The van der Waals surface area contributed by atoms with Crippen LogP contribution in [0.5, 0.6) is 5.75 Å². The zero-order valence-corrected chi connectivity index (χ0v) is 26.6. The highest BCUT2D eigenvalue weighted by atomic mass is 16.5.